The highest BCUT2D eigenvalue weighted by atomic mass is 35.5. The first-order valence-electron chi connectivity index (χ1n) is 12.9. The molecule has 1 aliphatic carbocycles. The van der Waals surface area contributed by atoms with Crippen LogP contribution in [-0.4, -0.2) is 37.3 Å². The van der Waals surface area contributed by atoms with Crippen LogP contribution in [0, 0.1) is 5.82 Å². The number of rotatable bonds is 9. The number of allylic oxidation sites excluding steroid dienone is 7. The van der Waals surface area contributed by atoms with Gasteiger partial charge in [0.2, 0.25) is 0 Å². The number of nitrogens with two attached hydrogens (primary N) is 1. The van der Waals surface area contributed by atoms with Crippen LogP contribution in [-0.2, 0) is 11.2 Å². The highest BCUT2D eigenvalue weighted by molar-refractivity contribution is 6.30. The molecule has 1 atom stereocenters. The molecule has 0 aromatic heterocycles. The van der Waals surface area contributed by atoms with Crippen LogP contribution in [0.15, 0.2) is 72.5 Å². The van der Waals surface area contributed by atoms with Crippen LogP contribution in [0.4, 0.5) is 14.5 Å². The number of hydrogen-bond donors (Lipinski definition) is 1. The van der Waals surface area contributed by atoms with Crippen LogP contribution >= 0.6 is 11.6 Å². The van der Waals surface area contributed by atoms with E-state index in [2.05, 4.69) is 11.5 Å². The number of alkyl halides is 1. The summed E-state index contributed by atoms with van der Waals surface area (Å²) in [5, 5.41) is 0.371. The quantitative estimate of drug-likeness (QED) is 0.207. The van der Waals surface area contributed by atoms with E-state index < -0.39 is 0 Å². The average Bonchev–Trinajstić information content (AvgIpc) is 3.23. The zero-order valence-electron chi connectivity index (χ0n) is 21.4. The first kappa shape index (κ1) is 27.2. The van der Waals surface area contributed by atoms with Gasteiger partial charge in [0, 0.05) is 35.9 Å². The SMILES string of the molecule is C=C/C(=C\C=C(/C)O[C@H]1CCN(CCCF)C1)C1=C(c2ccc(Cl)cc2F)CCCc2cc(N)ccc21. The molecule has 0 unspecified atom stereocenters. The van der Waals surface area contributed by atoms with Crippen LogP contribution in [0.25, 0.3) is 11.1 Å². The highest BCUT2D eigenvalue weighted by Gasteiger charge is 2.24. The van der Waals surface area contributed by atoms with E-state index >= 15 is 4.39 Å². The molecule has 0 amide bonds. The van der Waals surface area contributed by atoms with Gasteiger partial charge in [0.05, 0.1) is 12.4 Å². The van der Waals surface area contributed by atoms with Crippen molar-refractivity contribution in [2.45, 2.75) is 45.1 Å². The van der Waals surface area contributed by atoms with Crippen molar-refractivity contribution in [2.24, 2.45) is 0 Å². The molecule has 6 heteroatoms. The van der Waals surface area contributed by atoms with E-state index in [9.17, 15) is 4.39 Å². The summed E-state index contributed by atoms with van der Waals surface area (Å²) in [4.78, 5) is 2.24. The number of ether oxygens (including phenoxy) is 1. The number of fused-ring (bicyclic) bond motifs is 1. The molecule has 0 saturated carbocycles. The van der Waals surface area contributed by atoms with E-state index in [0.29, 0.717) is 29.1 Å². The van der Waals surface area contributed by atoms with Crippen molar-refractivity contribution in [3.05, 3.63) is 100 Å². The van der Waals surface area contributed by atoms with Crippen molar-refractivity contribution in [2.75, 3.05) is 32.0 Å². The Morgan fingerprint density at radius 1 is 1.19 bits per heavy atom. The van der Waals surface area contributed by atoms with Gasteiger partial charge in [0.1, 0.15) is 11.9 Å². The van der Waals surface area contributed by atoms with Crippen LogP contribution in [0.5, 0.6) is 0 Å². The van der Waals surface area contributed by atoms with Crippen LogP contribution in [0.3, 0.4) is 0 Å². The van der Waals surface area contributed by atoms with Gasteiger partial charge >= 0.3 is 0 Å². The lowest BCUT2D eigenvalue weighted by Crippen LogP contribution is -2.24. The topological polar surface area (TPSA) is 38.5 Å². The molecule has 1 aliphatic heterocycles. The third-order valence-electron chi connectivity index (χ3n) is 7.03. The van der Waals surface area contributed by atoms with Crippen molar-refractivity contribution in [3.8, 4) is 0 Å². The minimum atomic E-state index is -0.337. The van der Waals surface area contributed by atoms with Gasteiger partial charge in [-0.05, 0) is 97.2 Å². The first-order valence-corrected chi connectivity index (χ1v) is 13.3. The summed E-state index contributed by atoms with van der Waals surface area (Å²) in [6, 6.07) is 10.8. The maximum Gasteiger partial charge on any atom is 0.132 e. The van der Waals surface area contributed by atoms with E-state index in [1.54, 1.807) is 12.1 Å². The summed E-state index contributed by atoms with van der Waals surface area (Å²) in [7, 11) is 0. The van der Waals surface area contributed by atoms with Crippen molar-refractivity contribution < 1.29 is 13.5 Å². The van der Waals surface area contributed by atoms with Crippen LogP contribution < -0.4 is 5.73 Å². The maximum absolute atomic E-state index is 15.2. The fourth-order valence-corrected chi connectivity index (χ4v) is 5.44. The van der Waals surface area contributed by atoms with Gasteiger partial charge in [-0.1, -0.05) is 42.5 Å². The Morgan fingerprint density at radius 3 is 2.76 bits per heavy atom. The van der Waals surface area contributed by atoms with Crippen molar-refractivity contribution >= 4 is 28.4 Å². The predicted octanol–water partition coefficient (Wildman–Crippen LogP) is 7.78. The number of likely N-dealkylation sites (tertiary alicyclic amines) is 1. The Morgan fingerprint density at radius 2 is 2.00 bits per heavy atom. The molecule has 4 rings (SSSR count). The lowest BCUT2D eigenvalue weighted by molar-refractivity contribution is 0.121. The molecule has 2 aromatic carbocycles. The van der Waals surface area contributed by atoms with E-state index in [-0.39, 0.29) is 18.6 Å². The van der Waals surface area contributed by atoms with Gasteiger partial charge in [-0.25, -0.2) is 4.39 Å². The normalized spacial score (nSPS) is 19.1. The molecule has 1 fully saturated rings. The summed E-state index contributed by atoms with van der Waals surface area (Å²) < 4.78 is 33.9. The molecular weight excluding hydrogens is 490 g/mol. The standard InChI is InChI=1S/C31H35ClF2N2O/c1-3-22(9-8-21(2)37-26-14-17-36(20-26)16-5-15-33)31-27-13-11-25(35)18-23(27)6-4-7-29(31)28-12-10-24(32)19-30(28)34/h3,8-13,18-19,26H,1,4-7,14-17,20,35H2,2H3/b21-8+,22-9+/t26-/m0/s1. The maximum atomic E-state index is 15.2. The van der Waals surface area contributed by atoms with Crippen LogP contribution in [0.2, 0.25) is 5.02 Å². The smallest absolute Gasteiger partial charge is 0.132 e. The first-order chi connectivity index (χ1) is 17.9. The van der Waals surface area contributed by atoms with Gasteiger partial charge in [-0.2, -0.15) is 0 Å². The molecular formula is C31H35ClF2N2O. The average molecular weight is 525 g/mol. The Labute approximate surface area is 223 Å². The summed E-state index contributed by atoms with van der Waals surface area (Å²) in [5.74, 6) is 0.457. The van der Waals surface area contributed by atoms with Crippen molar-refractivity contribution in [1.29, 1.82) is 0 Å². The fourth-order valence-electron chi connectivity index (χ4n) is 5.28. The van der Waals surface area contributed by atoms with Crippen molar-refractivity contribution in [3.63, 3.8) is 0 Å². The van der Waals surface area contributed by atoms with Gasteiger partial charge in [-0.15, -0.1) is 0 Å². The van der Waals surface area contributed by atoms with Gasteiger partial charge in [0.25, 0.3) is 0 Å². The minimum absolute atomic E-state index is 0.0935. The molecule has 0 radical (unpaired) electrons. The van der Waals surface area contributed by atoms with Gasteiger partial charge in [-0.3, -0.25) is 9.29 Å². The third kappa shape index (κ3) is 6.71. The molecule has 0 bridgehead atoms. The third-order valence-corrected chi connectivity index (χ3v) is 7.26. The lowest BCUT2D eigenvalue weighted by atomic mass is 9.87. The zero-order valence-corrected chi connectivity index (χ0v) is 22.2. The predicted molar refractivity (Wildman–Crippen MR) is 151 cm³/mol. The Hall–Kier alpha value is -2.89. The number of aryl methyl sites for hydroxylation is 1. The molecule has 1 saturated heterocycles. The summed E-state index contributed by atoms with van der Waals surface area (Å²) >= 11 is 6.06. The van der Waals surface area contributed by atoms with Gasteiger partial charge < -0.3 is 10.5 Å². The number of anilines is 1. The molecule has 37 heavy (non-hydrogen) atoms. The molecule has 0 spiro atoms. The number of benzene rings is 2. The largest absolute Gasteiger partial charge is 0.494 e. The minimum Gasteiger partial charge on any atom is -0.494 e. The Balaban J connectivity index is 1.70. The van der Waals surface area contributed by atoms with Crippen molar-refractivity contribution in [1.82, 2.24) is 4.90 Å². The number of hydrogen-bond acceptors (Lipinski definition) is 3. The van der Waals surface area contributed by atoms with Gasteiger partial charge in [0.15, 0.2) is 0 Å². The Bertz CT molecular complexity index is 1230. The number of nitrogens with zero attached hydrogens (tertiary/aromatic N) is 1. The number of nitrogen functional groups attached to an aromatic ring is 1. The molecule has 1 heterocycles. The van der Waals surface area contributed by atoms with E-state index in [1.807, 2.05) is 43.4 Å². The summed E-state index contributed by atoms with van der Waals surface area (Å²) in [6.07, 6.45) is 9.78. The number of halogens is 3. The summed E-state index contributed by atoms with van der Waals surface area (Å²) in [5.41, 5.74) is 12.3. The molecule has 2 aromatic rings. The molecule has 2 N–H and O–H groups in total. The second-order valence-corrected chi connectivity index (χ2v) is 10.2. The molecule has 3 nitrogen and oxygen atoms in total. The summed E-state index contributed by atoms with van der Waals surface area (Å²) in [6.45, 7) is 8.25. The molecule has 2 aliphatic rings. The van der Waals surface area contributed by atoms with E-state index in [0.717, 1.165) is 72.5 Å². The fraction of sp³-hybridized carbons (Fsp3) is 0.355. The molecule has 196 valence electrons. The Kier molecular flexibility index (Phi) is 9.23. The van der Waals surface area contributed by atoms with E-state index in [1.165, 1.54) is 6.07 Å². The highest BCUT2D eigenvalue weighted by Crippen LogP contribution is 2.41. The second-order valence-electron chi connectivity index (χ2n) is 9.72. The monoisotopic (exact) mass is 524 g/mol. The second kappa shape index (κ2) is 12.6. The zero-order chi connectivity index (χ0) is 26.4. The van der Waals surface area contributed by atoms with Crippen LogP contribution in [0.1, 0.15) is 49.3 Å². The lowest BCUT2D eigenvalue weighted by Gasteiger charge is -2.18. The van der Waals surface area contributed by atoms with E-state index in [4.69, 9.17) is 22.1 Å².